The van der Waals surface area contributed by atoms with Crippen molar-refractivity contribution in [2.75, 3.05) is 19.7 Å². The summed E-state index contributed by atoms with van der Waals surface area (Å²) in [7, 11) is 0. The highest BCUT2D eigenvalue weighted by Crippen LogP contribution is 2.33. The fraction of sp³-hybridized carbons (Fsp3) is 0.385. The summed E-state index contributed by atoms with van der Waals surface area (Å²) in [5.41, 5.74) is 3.33. The molecule has 3 heterocycles. The van der Waals surface area contributed by atoms with Gasteiger partial charge < -0.3 is 14.5 Å². The number of pyridine rings is 1. The van der Waals surface area contributed by atoms with Gasteiger partial charge >= 0.3 is 0 Å². The first-order chi connectivity index (χ1) is 8.29. The molecule has 3 rings (SSSR count). The molecule has 90 valence electrons. The molecule has 1 unspecified atom stereocenters. The number of aromatic nitrogens is 1. The lowest BCUT2D eigenvalue weighted by Gasteiger charge is -2.24. The highest BCUT2D eigenvalue weighted by molar-refractivity contribution is 6.34. The molecular weight excluding hydrogens is 236 g/mol. The van der Waals surface area contributed by atoms with Crippen molar-refractivity contribution in [1.29, 1.82) is 0 Å². The van der Waals surface area contributed by atoms with Gasteiger partial charge in [-0.05, 0) is 24.6 Å². The number of fused-ring (bicyclic) bond motifs is 1. The molecule has 0 amide bonds. The van der Waals surface area contributed by atoms with E-state index in [-0.39, 0.29) is 6.10 Å². The Morgan fingerprint density at radius 3 is 3.12 bits per heavy atom. The molecular formula is C13H15ClN2O. The molecule has 0 radical (unpaired) electrons. The molecule has 0 bridgehead atoms. The first kappa shape index (κ1) is 11.1. The van der Waals surface area contributed by atoms with Gasteiger partial charge in [0.2, 0.25) is 0 Å². The van der Waals surface area contributed by atoms with E-state index in [1.165, 1.54) is 0 Å². The van der Waals surface area contributed by atoms with Crippen molar-refractivity contribution < 1.29 is 4.74 Å². The van der Waals surface area contributed by atoms with Gasteiger partial charge in [-0.15, -0.1) is 0 Å². The van der Waals surface area contributed by atoms with Gasteiger partial charge in [0.05, 0.1) is 22.8 Å². The summed E-state index contributed by atoms with van der Waals surface area (Å²) in [6.07, 6.45) is 2.13. The third-order valence-corrected chi connectivity index (χ3v) is 3.77. The molecule has 0 spiro atoms. The highest BCUT2D eigenvalue weighted by Gasteiger charge is 2.23. The Morgan fingerprint density at radius 2 is 2.35 bits per heavy atom. The number of ether oxygens (including phenoxy) is 1. The van der Waals surface area contributed by atoms with E-state index in [2.05, 4.69) is 16.6 Å². The fourth-order valence-electron chi connectivity index (χ4n) is 2.45. The van der Waals surface area contributed by atoms with Gasteiger partial charge in [-0.3, -0.25) is 0 Å². The van der Waals surface area contributed by atoms with Crippen molar-refractivity contribution in [3.05, 3.63) is 40.7 Å². The molecule has 1 N–H and O–H groups in total. The first-order valence-corrected chi connectivity index (χ1v) is 6.24. The third-order valence-electron chi connectivity index (χ3n) is 3.29. The summed E-state index contributed by atoms with van der Waals surface area (Å²) in [5.74, 6) is 0. The van der Waals surface area contributed by atoms with Crippen molar-refractivity contribution in [3.63, 3.8) is 0 Å². The molecule has 3 nitrogen and oxygen atoms in total. The van der Waals surface area contributed by atoms with Crippen LogP contribution in [0.4, 0.5) is 0 Å². The number of hydrogen-bond donors (Lipinski definition) is 1. The van der Waals surface area contributed by atoms with Crippen LogP contribution in [0.1, 0.15) is 17.4 Å². The Hall–Kier alpha value is -1.03. The van der Waals surface area contributed by atoms with Gasteiger partial charge in [0, 0.05) is 19.3 Å². The molecule has 0 aromatic carbocycles. The van der Waals surface area contributed by atoms with E-state index >= 15 is 0 Å². The van der Waals surface area contributed by atoms with E-state index in [0.717, 1.165) is 41.5 Å². The zero-order valence-corrected chi connectivity index (χ0v) is 10.5. The lowest BCUT2D eigenvalue weighted by molar-refractivity contribution is 0.0242. The van der Waals surface area contributed by atoms with Crippen LogP contribution in [0.3, 0.4) is 0 Å². The number of rotatable bonds is 1. The smallest absolute Gasteiger partial charge is 0.111 e. The molecule has 1 atom stereocenters. The second-order valence-electron chi connectivity index (χ2n) is 4.34. The van der Waals surface area contributed by atoms with Crippen molar-refractivity contribution in [1.82, 2.24) is 9.72 Å². The number of nitrogens with zero attached hydrogens (tertiary/aromatic N) is 1. The molecule has 2 aromatic heterocycles. The summed E-state index contributed by atoms with van der Waals surface area (Å²) in [5, 5.41) is 4.18. The van der Waals surface area contributed by atoms with Crippen LogP contribution in [0, 0.1) is 6.92 Å². The molecule has 0 saturated carbocycles. The molecule has 2 aromatic rings. The SMILES string of the molecule is Cc1c(Cl)c2ccccn2c1C1CNCCO1. The monoisotopic (exact) mass is 250 g/mol. The van der Waals surface area contributed by atoms with Crippen molar-refractivity contribution in [2.24, 2.45) is 0 Å². The van der Waals surface area contributed by atoms with E-state index in [1.807, 2.05) is 24.4 Å². The van der Waals surface area contributed by atoms with Crippen LogP contribution in [-0.2, 0) is 4.74 Å². The summed E-state index contributed by atoms with van der Waals surface area (Å²) in [4.78, 5) is 0. The van der Waals surface area contributed by atoms with E-state index in [4.69, 9.17) is 16.3 Å². The predicted octanol–water partition coefficient (Wildman–Crippen LogP) is 2.56. The molecule has 1 fully saturated rings. The third kappa shape index (κ3) is 1.75. The summed E-state index contributed by atoms with van der Waals surface area (Å²) >= 11 is 6.37. The Kier molecular flexibility index (Phi) is 2.82. The molecule has 1 saturated heterocycles. The minimum atomic E-state index is 0.0890. The van der Waals surface area contributed by atoms with Crippen LogP contribution in [0.25, 0.3) is 5.52 Å². The van der Waals surface area contributed by atoms with Crippen molar-refractivity contribution >= 4 is 17.1 Å². The maximum Gasteiger partial charge on any atom is 0.111 e. The number of morpholine rings is 1. The van der Waals surface area contributed by atoms with Crippen LogP contribution in [0.5, 0.6) is 0 Å². The number of nitrogens with one attached hydrogen (secondary N) is 1. The Morgan fingerprint density at radius 1 is 1.47 bits per heavy atom. The van der Waals surface area contributed by atoms with E-state index < -0.39 is 0 Å². The van der Waals surface area contributed by atoms with Gasteiger partial charge in [-0.25, -0.2) is 0 Å². The number of halogens is 1. The van der Waals surface area contributed by atoms with Crippen LogP contribution in [0.15, 0.2) is 24.4 Å². The zero-order chi connectivity index (χ0) is 11.8. The minimum Gasteiger partial charge on any atom is -0.369 e. The maximum atomic E-state index is 6.37. The average Bonchev–Trinajstić information content (AvgIpc) is 2.64. The lowest BCUT2D eigenvalue weighted by atomic mass is 10.1. The Balaban J connectivity index is 2.17. The topological polar surface area (TPSA) is 25.7 Å². The van der Waals surface area contributed by atoms with Gasteiger partial charge in [0.25, 0.3) is 0 Å². The van der Waals surface area contributed by atoms with Crippen molar-refractivity contribution in [3.8, 4) is 0 Å². The van der Waals surface area contributed by atoms with Gasteiger partial charge in [-0.1, -0.05) is 17.7 Å². The van der Waals surface area contributed by atoms with Crippen molar-refractivity contribution in [2.45, 2.75) is 13.0 Å². The normalized spacial score (nSPS) is 20.9. The standard InChI is InChI=1S/C13H15ClN2O/c1-9-12(14)10-4-2-3-6-16(10)13(9)11-8-15-5-7-17-11/h2-4,6,11,15H,5,7-8H2,1H3. The Labute approximate surface area is 105 Å². The van der Waals surface area contributed by atoms with Crippen LogP contribution >= 0.6 is 11.6 Å². The Bertz CT molecular complexity index is 544. The van der Waals surface area contributed by atoms with Crippen LogP contribution in [0.2, 0.25) is 5.02 Å². The molecule has 17 heavy (non-hydrogen) atoms. The summed E-state index contributed by atoms with van der Waals surface area (Å²) in [6.45, 7) is 4.58. The average molecular weight is 251 g/mol. The summed E-state index contributed by atoms with van der Waals surface area (Å²) < 4.78 is 7.96. The van der Waals surface area contributed by atoms with E-state index in [0.29, 0.717) is 0 Å². The van der Waals surface area contributed by atoms with Crippen LogP contribution < -0.4 is 5.32 Å². The molecule has 1 aliphatic rings. The summed E-state index contributed by atoms with van der Waals surface area (Å²) in [6, 6.07) is 6.06. The molecule has 0 aliphatic carbocycles. The van der Waals surface area contributed by atoms with Gasteiger partial charge in [0.1, 0.15) is 6.10 Å². The molecule has 1 aliphatic heterocycles. The van der Waals surface area contributed by atoms with Gasteiger partial charge in [0.15, 0.2) is 0 Å². The quantitative estimate of drug-likeness (QED) is 0.842. The first-order valence-electron chi connectivity index (χ1n) is 5.86. The van der Waals surface area contributed by atoms with Crippen LogP contribution in [-0.4, -0.2) is 24.1 Å². The molecule has 4 heteroatoms. The lowest BCUT2D eigenvalue weighted by Crippen LogP contribution is -2.34. The van der Waals surface area contributed by atoms with E-state index in [9.17, 15) is 0 Å². The maximum absolute atomic E-state index is 6.37. The predicted molar refractivity (Wildman–Crippen MR) is 68.7 cm³/mol. The van der Waals surface area contributed by atoms with Gasteiger partial charge in [-0.2, -0.15) is 0 Å². The second kappa shape index (κ2) is 4.33. The highest BCUT2D eigenvalue weighted by atomic mass is 35.5. The second-order valence-corrected chi connectivity index (χ2v) is 4.72. The number of hydrogen-bond acceptors (Lipinski definition) is 2. The minimum absolute atomic E-state index is 0.0890. The fourth-order valence-corrected chi connectivity index (χ4v) is 2.71. The van der Waals surface area contributed by atoms with E-state index in [1.54, 1.807) is 0 Å². The zero-order valence-electron chi connectivity index (χ0n) is 9.74. The largest absolute Gasteiger partial charge is 0.369 e.